The minimum atomic E-state index is 0.108. The molecule has 1 atom stereocenters. The molecule has 8 heteroatoms. The fourth-order valence-electron chi connectivity index (χ4n) is 3.77. The van der Waals surface area contributed by atoms with Gasteiger partial charge in [-0.15, -0.1) is 0 Å². The molecule has 2 heterocycles. The molecule has 2 aliphatic heterocycles. The Morgan fingerprint density at radius 3 is 2.24 bits per heavy atom. The van der Waals surface area contributed by atoms with Crippen LogP contribution in [0.25, 0.3) is 0 Å². The smallest absolute Gasteiger partial charge is 0.236 e. The van der Waals surface area contributed by atoms with Crippen LogP contribution >= 0.6 is 11.6 Å². The number of halogens is 1. The molecular weight excluding hydrogens is 392 g/mol. The van der Waals surface area contributed by atoms with Crippen LogP contribution in [0, 0.1) is 0 Å². The van der Waals surface area contributed by atoms with Crippen LogP contribution in [0.15, 0.2) is 24.3 Å². The number of benzene rings is 1. The zero-order chi connectivity index (χ0) is 20.6. The summed E-state index contributed by atoms with van der Waals surface area (Å²) in [5.41, 5.74) is 1.14. The van der Waals surface area contributed by atoms with E-state index in [9.17, 15) is 9.59 Å². The average Bonchev–Trinajstić information content (AvgIpc) is 2.76. The highest BCUT2D eigenvalue weighted by atomic mass is 35.5. The molecule has 0 saturated carbocycles. The molecule has 1 aromatic carbocycles. The molecule has 2 amide bonds. The molecule has 0 aromatic heterocycles. The van der Waals surface area contributed by atoms with E-state index in [4.69, 9.17) is 16.3 Å². The van der Waals surface area contributed by atoms with Gasteiger partial charge in [0.25, 0.3) is 0 Å². The second-order valence-corrected chi connectivity index (χ2v) is 7.98. The van der Waals surface area contributed by atoms with Gasteiger partial charge >= 0.3 is 0 Å². The van der Waals surface area contributed by atoms with Crippen molar-refractivity contribution in [3.05, 3.63) is 34.9 Å². The number of rotatable bonds is 7. The lowest BCUT2D eigenvalue weighted by Gasteiger charge is -2.36. The minimum absolute atomic E-state index is 0.108. The van der Waals surface area contributed by atoms with Crippen molar-refractivity contribution in [2.24, 2.45) is 0 Å². The van der Waals surface area contributed by atoms with Crippen molar-refractivity contribution in [2.75, 3.05) is 65.6 Å². The van der Waals surface area contributed by atoms with Gasteiger partial charge in [0.2, 0.25) is 11.8 Å². The molecule has 160 valence electrons. The summed E-state index contributed by atoms with van der Waals surface area (Å²) in [7, 11) is 0. The van der Waals surface area contributed by atoms with Gasteiger partial charge in [0, 0.05) is 50.3 Å². The highest BCUT2D eigenvalue weighted by Crippen LogP contribution is 2.19. The third kappa shape index (κ3) is 6.40. The maximum atomic E-state index is 12.6. The number of morpholine rings is 1. The SMILES string of the molecule is CCC(NCC(=O)N1CCN(CC(=O)N2CCOCC2)CC1)c1ccc(Cl)cc1. The predicted molar refractivity (Wildman–Crippen MR) is 113 cm³/mol. The lowest BCUT2D eigenvalue weighted by Crippen LogP contribution is -2.53. The molecule has 1 aromatic rings. The van der Waals surface area contributed by atoms with Gasteiger partial charge in [-0.25, -0.2) is 0 Å². The van der Waals surface area contributed by atoms with E-state index in [2.05, 4.69) is 17.1 Å². The van der Waals surface area contributed by atoms with Crippen molar-refractivity contribution in [3.63, 3.8) is 0 Å². The van der Waals surface area contributed by atoms with Gasteiger partial charge in [-0.1, -0.05) is 30.7 Å². The van der Waals surface area contributed by atoms with Crippen LogP contribution in [-0.2, 0) is 14.3 Å². The highest BCUT2D eigenvalue weighted by molar-refractivity contribution is 6.30. The van der Waals surface area contributed by atoms with E-state index in [1.807, 2.05) is 34.1 Å². The van der Waals surface area contributed by atoms with E-state index in [-0.39, 0.29) is 17.9 Å². The van der Waals surface area contributed by atoms with Crippen molar-refractivity contribution in [1.82, 2.24) is 20.0 Å². The molecule has 0 radical (unpaired) electrons. The first-order valence-corrected chi connectivity index (χ1v) is 10.8. The number of nitrogens with one attached hydrogen (secondary N) is 1. The van der Waals surface area contributed by atoms with Crippen molar-refractivity contribution < 1.29 is 14.3 Å². The van der Waals surface area contributed by atoms with Crippen molar-refractivity contribution in [3.8, 4) is 0 Å². The van der Waals surface area contributed by atoms with E-state index in [0.29, 0.717) is 57.5 Å². The lowest BCUT2D eigenvalue weighted by atomic mass is 10.0. The fourth-order valence-corrected chi connectivity index (χ4v) is 3.90. The second kappa shape index (κ2) is 10.9. The zero-order valence-electron chi connectivity index (χ0n) is 17.1. The van der Waals surface area contributed by atoms with Gasteiger partial charge in [-0.3, -0.25) is 14.5 Å². The number of carbonyl (C=O) groups excluding carboxylic acids is 2. The fraction of sp³-hybridized carbons (Fsp3) is 0.619. The summed E-state index contributed by atoms with van der Waals surface area (Å²) in [4.78, 5) is 30.9. The Kier molecular flexibility index (Phi) is 8.29. The van der Waals surface area contributed by atoms with Crippen LogP contribution in [0.4, 0.5) is 0 Å². The normalized spacial score (nSPS) is 19.2. The van der Waals surface area contributed by atoms with E-state index in [1.165, 1.54) is 0 Å². The van der Waals surface area contributed by atoms with E-state index in [0.717, 1.165) is 25.1 Å². The van der Waals surface area contributed by atoms with Crippen molar-refractivity contribution in [1.29, 1.82) is 0 Å². The average molecular weight is 423 g/mol. The molecule has 1 N–H and O–H groups in total. The van der Waals surface area contributed by atoms with E-state index in [1.54, 1.807) is 0 Å². The summed E-state index contributed by atoms with van der Waals surface area (Å²) in [5.74, 6) is 0.264. The Balaban J connectivity index is 1.40. The number of carbonyl (C=O) groups is 2. The van der Waals surface area contributed by atoms with Gasteiger partial charge in [0.05, 0.1) is 26.3 Å². The molecule has 2 aliphatic rings. The van der Waals surface area contributed by atoms with Gasteiger partial charge < -0.3 is 19.9 Å². The number of piperazine rings is 1. The third-order valence-corrected chi connectivity index (χ3v) is 5.88. The molecule has 3 rings (SSSR count). The van der Waals surface area contributed by atoms with Gasteiger partial charge in [0.15, 0.2) is 0 Å². The van der Waals surface area contributed by atoms with Crippen molar-refractivity contribution >= 4 is 23.4 Å². The largest absolute Gasteiger partial charge is 0.378 e. The summed E-state index contributed by atoms with van der Waals surface area (Å²) in [6, 6.07) is 7.88. The maximum absolute atomic E-state index is 12.6. The Bertz CT molecular complexity index is 671. The second-order valence-electron chi connectivity index (χ2n) is 7.54. The van der Waals surface area contributed by atoms with E-state index < -0.39 is 0 Å². The molecule has 0 bridgehead atoms. The monoisotopic (exact) mass is 422 g/mol. The van der Waals surface area contributed by atoms with Crippen molar-refractivity contribution in [2.45, 2.75) is 19.4 Å². The van der Waals surface area contributed by atoms with Gasteiger partial charge in [-0.05, 0) is 24.1 Å². The standard InChI is InChI=1S/C21H31ClN4O3/c1-2-19(17-3-5-18(22)6-4-17)23-15-20(27)25-9-7-24(8-10-25)16-21(28)26-11-13-29-14-12-26/h3-6,19,23H,2,7-16H2,1H3. The topological polar surface area (TPSA) is 65.1 Å². The summed E-state index contributed by atoms with van der Waals surface area (Å²) in [6.45, 7) is 8.22. The molecule has 0 spiro atoms. The van der Waals surface area contributed by atoms with Gasteiger partial charge in [0.1, 0.15) is 0 Å². The Labute approximate surface area is 177 Å². The minimum Gasteiger partial charge on any atom is -0.378 e. The number of hydrogen-bond donors (Lipinski definition) is 1. The van der Waals surface area contributed by atoms with Crippen LogP contribution < -0.4 is 5.32 Å². The quantitative estimate of drug-likeness (QED) is 0.719. The number of amides is 2. The predicted octanol–water partition coefficient (Wildman–Crippen LogP) is 1.38. The number of nitrogens with zero attached hydrogens (tertiary/aromatic N) is 3. The first-order valence-electron chi connectivity index (χ1n) is 10.4. The van der Waals surface area contributed by atoms with Crippen LogP contribution in [0.5, 0.6) is 0 Å². The molecule has 29 heavy (non-hydrogen) atoms. The summed E-state index contributed by atoms with van der Waals surface area (Å²) in [5, 5.41) is 4.08. The van der Waals surface area contributed by atoms with Crippen LogP contribution in [0.2, 0.25) is 5.02 Å². The molecule has 0 aliphatic carbocycles. The van der Waals surface area contributed by atoms with Crippen LogP contribution in [0.1, 0.15) is 24.9 Å². The van der Waals surface area contributed by atoms with Crippen LogP contribution in [0.3, 0.4) is 0 Å². The molecular formula is C21H31ClN4O3. The van der Waals surface area contributed by atoms with E-state index >= 15 is 0 Å². The summed E-state index contributed by atoms with van der Waals surface area (Å²) >= 11 is 5.96. The molecule has 7 nitrogen and oxygen atoms in total. The zero-order valence-corrected chi connectivity index (χ0v) is 17.9. The lowest BCUT2D eigenvalue weighted by molar-refractivity contribution is -0.137. The van der Waals surface area contributed by atoms with Crippen LogP contribution in [-0.4, -0.2) is 92.1 Å². The summed E-state index contributed by atoms with van der Waals surface area (Å²) < 4.78 is 5.30. The number of hydrogen-bond acceptors (Lipinski definition) is 5. The molecule has 2 fully saturated rings. The van der Waals surface area contributed by atoms with Gasteiger partial charge in [-0.2, -0.15) is 0 Å². The highest BCUT2D eigenvalue weighted by Gasteiger charge is 2.25. The number of ether oxygens (including phenoxy) is 1. The Morgan fingerprint density at radius 2 is 1.62 bits per heavy atom. The Hall–Kier alpha value is -1.67. The Morgan fingerprint density at radius 1 is 1.00 bits per heavy atom. The maximum Gasteiger partial charge on any atom is 0.236 e. The third-order valence-electron chi connectivity index (χ3n) is 5.63. The molecule has 2 saturated heterocycles. The summed E-state index contributed by atoms with van der Waals surface area (Å²) in [6.07, 6.45) is 0.895. The first kappa shape index (κ1) is 22.0. The first-order chi connectivity index (χ1) is 14.1. The molecule has 1 unspecified atom stereocenters.